The predicted molar refractivity (Wildman–Crippen MR) is 115 cm³/mol. The van der Waals surface area contributed by atoms with E-state index in [4.69, 9.17) is 9.88 Å². The van der Waals surface area contributed by atoms with Crippen LogP contribution in [0.5, 0.6) is 5.75 Å². The van der Waals surface area contributed by atoms with Crippen LogP contribution < -0.4 is 14.8 Å². The number of primary sulfonamides is 1. The number of aromatic carboxylic acids is 1. The van der Waals surface area contributed by atoms with Gasteiger partial charge in [-0.15, -0.1) is 0 Å². The molecule has 3 N–H and O–H groups in total. The summed E-state index contributed by atoms with van der Waals surface area (Å²) < 4.78 is 30.5. The number of hydrogen-bond acceptors (Lipinski definition) is 6. The van der Waals surface area contributed by atoms with E-state index in [9.17, 15) is 18.3 Å². The zero-order valence-corrected chi connectivity index (χ0v) is 18.4. The number of carbonyl (C=O) groups is 1. The van der Waals surface area contributed by atoms with Gasteiger partial charge in [-0.2, -0.15) is 11.3 Å². The molecule has 0 amide bonds. The van der Waals surface area contributed by atoms with Crippen molar-refractivity contribution in [3.8, 4) is 5.75 Å². The maximum atomic E-state index is 12.3. The van der Waals surface area contributed by atoms with E-state index in [2.05, 4.69) is 13.8 Å². The molecule has 1 aromatic carbocycles. The summed E-state index contributed by atoms with van der Waals surface area (Å²) in [6.07, 6.45) is 3.67. The molecule has 2 aromatic rings. The van der Waals surface area contributed by atoms with Gasteiger partial charge >= 0.3 is 5.97 Å². The third kappa shape index (κ3) is 6.45. The van der Waals surface area contributed by atoms with E-state index in [1.54, 1.807) is 0 Å². The second-order valence-electron chi connectivity index (χ2n) is 6.79. The molecule has 7 nitrogen and oxygen atoms in total. The molecule has 0 atom stereocenters. The Hall–Kier alpha value is -2.10. The van der Waals surface area contributed by atoms with Gasteiger partial charge in [0.05, 0.1) is 11.3 Å². The van der Waals surface area contributed by atoms with Gasteiger partial charge in [-0.3, -0.25) is 0 Å². The van der Waals surface area contributed by atoms with E-state index in [1.807, 2.05) is 21.7 Å². The molecule has 1 aromatic heterocycles. The number of sulfonamides is 1. The fourth-order valence-corrected chi connectivity index (χ4v) is 4.25. The van der Waals surface area contributed by atoms with Crippen LogP contribution in [0.15, 0.2) is 33.9 Å². The lowest BCUT2D eigenvalue weighted by Gasteiger charge is -2.28. The quantitative estimate of drug-likeness (QED) is 0.515. The lowest BCUT2D eigenvalue weighted by molar-refractivity contribution is 0.0696. The SMILES string of the molecule is CCCCN(CCCC)c1cc(C(=O)O)cc(S(N)(=O)=O)c1OCc1ccsc1. The van der Waals surface area contributed by atoms with E-state index >= 15 is 0 Å². The zero-order valence-electron chi connectivity index (χ0n) is 16.8. The molecule has 0 saturated heterocycles. The number of carboxylic acid groups (broad SMARTS) is 1. The molecule has 0 aliphatic carbocycles. The summed E-state index contributed by atoms with van der Waals surface area (Å²) in [6, 6.07) is 4.44. The lowest BCUT2D eigenvalue weighted by atomic mass is 10.1. The second kappa shape index (κ2) is 10.6. The van der Waals surface area contributed by atoms with E-state index in [1.165, 1.54) is 17.4 Å². The normalized spacial score (nSPS) is 11.4. The predicted octanol–water partition coefficient (Wildman–Crippen LogP) is 4.08. The van der Waals surface area contributed by atoms with Crippen molar-refractivity contribution in [3.63, 3.8) is 0 Å². The maximum Gasteiger partial charge on any atom is 0.335 e. The summed E-state index contributed by atoms with van der Waals surface area (Å²) in [6.45, 7) is 5.63. The van der Waals surface area contributed by atoms with E-state index in [-0.39, 0.29) is 22.8 Å². The largest absolute Gasteiger partial charge is 0.485 e. The summed E-state index contributed by atoms with van der Waals surface area (Å²) in [5, 5.41) is 18.8. The number of benzene rings is 1. The number of nitrogens with two attached hydrogens (primary N) is 1. The van der Waals surface area contributed by atoms with Crippen LogP contribution in [0, 0.1) is 0 Å². The molecule has 160 valence electrons. The minimum atomic E-state index is -4.19. The van der Waals surface area contributed by atoms with Gasteiger partial charge in [-0.1, -0.05) is 26.7 Å². The topological polar surface area (TPSA) is 110 Å². The first kappa shape index (κ1) is 23.2. The van der Waals surface area contributed by atoms with Crippen molar-refractivity contribution in [2.75, 3.05) is 18.0 Å². The summed E-state index contributed by atoms with van der Waals surface area (Å²) in [5.41, 5.74) is 1.22. The highest BCUT2D eigenvalue weighted by atomic mass is 32.2. The van der Waals surface area contributed by atoms with Gasteiger partial charge in [-0.25, -0.2) is 18.4 Å². The highest BCUT2D eigenvalue weighted by molar-refractivity contribution is 7.89. The molecule has 2 rings (SSSR count). The van der Waals surface area contributed by atoms with Crippen molar-refractivity contribution < 1.29 is 23.1 Å². The number of rotatable bonds is 12. The molecule has 0 aliphatic heterocycles. The first-order valence-electron chi connectivity index (χ1n) is 9.60. The molecular formula is C20H28N2O5S2. The minimum Gasteiger partial charge on any atom is -0.485 e. The molecule has 0 aliphatic rings. The second-order valence-corrected chi connectivity index (χ2v) is 9.10. The third-order valence-electron chi connectivity index (χ3n) is 4.46. The first-order chi connectivity index (χ1) is 13.8. The standard InChI is InChI=1S/C20H28N2O5S2/c1-3-5-8-22(9-6-4-2)17-11-16(20(23)24)12-18(29(21,25)26)19(17)27-13-15-7-10-28-14-15/h7,10-12,14H,3-6,8-9,13H2,1-2H3,(H,23,24)(H2,21,25,26). The molecular weight excluding hydrogens is 412 g/mol. The molecule has 0 saturated carbocycles. The molecule has 9 heteroatoms. The van der Waals surface area contributed by atoms with Crippen LogP contribution in [0.25, 0.3) is 0 Å². The summed E-state index contributed by atoms with van der Waals surface area (Å²) in [5.74, 6) is -1.11. The average molecular weight is 441 g/mol. The van der Waals surface area contributed by atoms with Crippen LogP contribution in [-0.2, 0) is 16.6 Å². The van der Waals surface area contributed by atoms with E-state index in [0.717, 1.165) is 37.3 Å². The zero-order chi connectivity index (χ0) is 21.4. The smallest absolute Gasteiger partial charge is 0.335 e. The van der Waals surface area contributed by atoms with Gasteiger partial charge in [0, 0.05) is 13.1 Å². The molecule has 0 bridgehead atoms. The maximum absolute atomic E-state index is 12.3. The summed E-state index contributed by atoms with van der Waals surface area (Å²) >= 11 is 1.51. The van der Waals surface area contributed by atoms with E-state index < -0.39 is 16.0 Å². The van der Waals surface area contributed by atoms with Gasteiger partial charge in [0.2, 0.25) is 10.0 Å². The third-order valence-corrected chi connectivity index (χ3v) is 6.10. The Labute approximate surface area is 176 Å². The van der Waals surface area contributed by atoms with Crippen molar-refractivity contribution in [2.24, 2.45) is 5.14 Å². The highest BCUT2D eigenvalue weighted by Gasteiger charge is 2.25. The average Bonchev–Trinajstić information content (AvgIpc) is 3.18. The molecule has 1 heterocycles. The van der Waals surface area contributed by atoms with Gasteiger partial charge in [-0.05, 0) is 47.4 Å². The van der Waals surface area contributed by atoms with Crippen molar-refractivity contribution in [2.45, 2.75) is 51.0 Å². The number of ether oxygens (including phenoxy) is 1. The van der Waals surface area contributed by atoms with Gasteiger partial charge < -0.3 is 14.7 Å². The molecule has 0 spiro atoms. The highest BCUT2D eigenvalue weighted by Crippen LogP contribution is 2.37. The van der Waals surface area contributed by atoms with Crippen LogP contribution in [0.2, 0.25) is 0 Å². The number of thiophene rings is 1. The van der Waals surface area contributed by atoms with Crippen molar-refractivity contribution in [3.05, 3.63) is 40.1 Å². The Morgan fingerprint density at radius 2 is 1.86 bits per heavy atom. The molecule has 29 heavy (non-hydrogen) atoms. The number of anilines is 1. The Morgan fingerprint density at radius 3 is 2.34 bits per heavy atom. The van der Waals surface area contributed by atoms with Crippen molar-refractivity contribution >= 4 is 33.0 Å². The monoisotopic (exact) mass is 440 g/mol. The first-order valence-corrected chi connectivity index (χ1v) is 12.1. The molecule has 0 unspecified atom stereocenters. The number of unbranched alkanes of at least 4 members (excludes halogenated alkanes) is 2. The van der Waals surface area contributed by atoms with Gasteiger partial charge in [0.15, 0.2) is 5.75 Å². The van der Waals surface area contributed by atoms with Gasteiger partial charge in [0.1, 0.15) is 11.5 Å². The van der Waals surface area contributed by atoms with Crippen LogP contribution in [0.3, 0.4) is 0 Å². The number of nitrogens with zero attached hydrogens (tertiary/aromatic N) is 1. The van der Waals surface area contributed by atoms with Crippen molar-refractivity contribution in [1.29, 1.82) is 0 Å². The van der Waals surface area contributed by atoms with Crippen molar-refractivity contribution in [1.82, 2.24) is 0 Å². The Balaban J connectivity index is 2.60. The van der Waals surface area contributed by atoms with Crippen LogP contribution >= 0.6 is 11.3 Å². The van der Waals surface area contributed by atoms with Crippen LogP contribution in [-0.4, -0.2) is 32.6 Å². The fourth-order valence-electron chi connectivity index (χ4n) is 2.88. The lowest BCUT2D eigenvalue weighted by Crippen LogP contribution is -2.27. The Bertz CT molecular complexity index is 903. The van der Waals surface area contributed by atoms with Gasteiger partial charge in [0.25, 0.3) is 0 Å². The number of hydrogen-bond donors (Lipinski definition) is 2. The molecule has 0 fully saturated rings. The minimum absolute atomic E-state index is 0.107. The summed E-state index contributed by atoms with van der Waals surface area (Å²) in [4.78, 5) is 13.3. The van der Waals surface area contributed by atoms with Crippen LogP contribution in [0.4, 0.5) is 5.69 Å². The number of carboxylic acids is 1. The Kier molecular flexibility index (Phi) is 8.48. The fraction of sp³-hybridized carbons (Fsp3) is 0.450. The molecule has 0 radical (unpaired) electrons. The summed E-state index contributed by atoms with van der Waals surface area (Å²) in [7, 11) is -4.19. The van der Waals surface area contributed by atoms with E-state index in [0.29, 0.717) is 18.8 Å². The Morgan fingerprint density at radius 1 is 1.21 bits per heavy atom. The van der Waals surface area contributed by atoms with Crippen LogP contribution in [0.1, 0.15) is 55.5 Å².